The maximum atomic E-state index is 14.5. The lowest BCUT2D eigenvalue weighted by Crippen LogP contribution is -2.02. The third kappa shape index (κ3) is 3.29. The summed E-state index contributed by atoms with van der Waals surface area (Å²) in [5.74, 6) is -1.37. The molecule has 0 aliphatic heterocycles. The van der Waals surface area contributed by atoms with Crippen LogP contribution in [0, 0.1) is 23.4 Å². The molecule has 0 spiro atoms. The van der Waals surface area contributed by atoms with Crippen molar-refractivity contribution in [1.29, 1.82) is 0 Å². The van der Waals surface area contributed by atoms with Crippen molar-refractivity contribution < 1.29 is 13.2 Å². The topological polar surface area (TPSA) is 0 Å². The van der Waals surface area contributed by atoms with Gasteiger partial charge in [-0.1, -0.05) is 44.0 Å². The first kappa shape index (κ1) is 16.1. The number of halogens is 3. The van der Waals surface area contributed by atoms with Gasteiger partial charge < -0.3 is 0 Å². The molecule has 1 fully saturated rings. The van der Waals surface area contributed by atoms with Crippen LogP contribution < -0.4 is 0 Å². The van der Waals surface area contributed by atoms with Crippen LogP contribution in [0.4, 0.5) is 13.2 Å². The molecule has 0 radical (unpaired) electrons. The maximum Gasteiger partial charge on any atom is 0.166 e. The highest BCUT2D eigenvalue weighted by molar-refractivity contribution is 5.65. The van der Waals surface area contributed by atoms with E-state index in [2.05, 4.69) is 6.92 Å². The molecule has 0 amide bonds. The molecule has 2 atom stereocenters. The Morgan fingerprint density at radius 3 is 2.57 bits per heavy atom. The average Bonchev–Trinajstić information content (AvgIpc) is 2.99. The zero-order valence-corrected chi connectivity index (χ0v) is 13.3. The van der Waals surface area contributed by atoms with Crippen LogP contribution in [-0.4, -0.2) is 0 Å². The monoisotopic (exact) mass is 318 g/mol. The Morgan fingerprint density at radius 1 is 1.00 bits per heavy atom. The molecule has 0 saturated heterocycles. The second-order valence-electron chi connectivity index (χ2n) is 6.51. The molecule has 1 aliphatic rings. The molecule has 1 saturated carbocycles. The minimum Gasteiger partial charge on any atom is -0.207 e. The summed E-state index contributed by atoms with van der Waals surface area (Å²) in [5.41, 5.74) is 0.957. The maximum absolute atomic E-state index is 14.5. The van der Waals surface area contributed by atoms with E-state index in [4.69, 9.17) is 0 Å². The summed E-state index contributed by atoms with van der Waals surface area (Å²) in [6.45, 7) is 2.15. The SMILES string of the molecule is CCCC1CCC(c2ccc(-c3cccc(F)c3)c(F)c2F)C1. The summed E-state index contributed by atoms with van der Waals surface area (Å²) in [6, 6.07) is 8.87. The molecule has 1 aliphatic carbocycles. The van der Waals surface area contributed by atoms with E-state index in [1.54, 1.807) is 18.2 Å². The van der Waals surface area contributed by atoms with Gasteiger partial charge in [0.1, 0.15) is 5.82 Å². The fourth-order valence-electron chi connectivity index (χ4n) is 3.79. The molecular weight excluding hydrogens is 297 g/mol. The van der Waals surface area contributed by atoms with E-state index in [0.717, 1.165) is 32.1 Å². The first-order valence-corrected chi connectivity index (χ1v) is 8.34. The Bertz CT molecular complexity index is 693. The summed E-state index contributed by atoms with van der Waals surface area (Å²) in [6.07, 6.45) is 5.23. The van der Waals surface area contributed by atoms with Gasteiger partial charge in [-0.05, 0) is 54.4 Å². The van der Waals surface area contributed by atoms with Crippen LogP contribution in [0.2, 0.25) is 0 Å². The van der Waals surface area contributed by atoms with E-state index in [1.807, 2.05) is 0 Å². The Kier molecular flexibility index (Phi) is 4.74. The second-order valence-corrected chi connectivity index (χ2v) is 6.51. The molecule has 0 nitrogen and oxygen atoms in total. The van der Waals surface area contributed by atoms with Crippen molar-refractivity contribution in [3.8, 4) is 11.1 Å². The largest absolute Gasteiger partial charge is 0.207 e. The van der Waals surface area contributed by atoms with E-state index >= 15 is 0 Å². The van der Waals surface area contributed by atoms with Crippen molar-refractivity contribution in [1.82, 2.24) is 0 Å². The molecule has 3 heteroatoms. The molecule has 3 rings (SSSR count). The first-order chi connectivity index (χ1) is 11.1. The van der Waals surface area contributed by atoms with Gasteiger partial charge in [-0.2, -0.15) is 0 Å². The summed E-state index contributed by atoms with van der Waals surface area (Å²) >= 11 is 0. The molecular formula is C20H21F3. The van der Waals surface area contributed by atoms with Crippen molar-refractivity contribution in [3.05, 3.63) is 59.4 Å². The quantitative estimate of drug-likeness (QED) is 0.607. The molecule has 2 unspecified atom stereocenters. The minimum atomic E-state index is -0.868. The third-order valence-corrected chi connectivity index (χ3v) is 4.93. The predicted octanol–water partition coefficient (Wildman–Crippen LogP) is 6.45. The standard InChI is InChI=1S/C20H21F3/c1-2-4-13-7-8-15(11-13)18-10-9-17(19(22)20(18)23)14-5-3-6-16(21)12-14/h3,5-6,9-10,12-13,15H,2,4,7-8,11H2,1H3. The number of hydrogen-bond donors (Lipinski definition) is 0. The van der Waals surface area contributed by atoms with Crippen molar-refractivity contribution in [2.24, 2.45) is 5.92 Å². The van der Waals surface area contributed by atoms with Gasteiger partial charge >= 0.3 is 0 Å². The lowest BCUT2D eigenvalue weighted by molar-refractivity contribution is 0.471. The van der Waals surface area contributed by atoms with Crippen molar-refractivity contribution in [2.45, 2.75) is 44.9 Å². The molecule has 2 aromatic carbocycles. The Hall–Kier alpha value is -1.77. The second kappa shape index (κ2) is 6.77. The zero-order chi connectivity index (χ0) is 16.4. The van der Waals surface area contributed by atoms with Crippen molar-refractivity contribution in [2.75, 3.05) is 0 Å². The zero-order valence-electron chi connectivity index (χ0n) is 13.3. The lowest BCUT2D eigenvalue weighted by Gasteiger charge is -2.14. The van der Waals surface area contributed by atoms with Crippen LogP contribution in [0.25, 0.3) is 11.1 Å². The van der Waals surface area contributed by atoms with Gasteiger partial charge in [-0.15, -0.1) is 0 Å². The summed E-state index contributed by atoms with van der Waals surface area (Å²) < 4.78 is 42.3. The molecule has 0 N–H and O–H groups in total. The Balaban J connectivity index is 1.90. The highest BCUT2D eigenvalue weighted by Gasteiger charge is 2.28. The van der Waals surface area contributed by atoms with Gasteiger partial charge in [0, 0.05) is 5.56 Å². The van der Waals surface area contributed by atoms with Gasteiger partial charge in [-0.25, -0.2) is 13.2 Å². The van der Waals surface area contributed by atoms with Gasteiger partial charge in [0.25, 0.3) is 0 Å². The highest BCUT2D eigenvalue weighted by Crippen LogP contribution is 2.42. The molecule has 2 aromatic rings. The third-order valence-electron chi connectivity index (χ3n) is 4.93. The molecule has 23 heavy (non-hydrogen) atoms. The lowest BCUT2D eigenvalue weighted by atomic mass is 9.92. The van der Waals surface area contributed by atoms with Gasteiger partial charge in [0.05, 0.1) is 0 Å². The van der Waals surface area contributed by atoms with Crippen LogP contribution in [0.15, 0.2) is 36.4 Å². The average molecular weight is 318 g/mol. The fourth-order valence-corrected chi connectivity index (χ4v) is 3.79. The summed E-state index contributed by atoms with van der Waals surface area (Å²) in [5, 5.41) is 0. The smallest absolute Gasteiger partial charge is 0.166 e. The molecule has 0 aromatic heterocycles. The fraction of sp³-hybridized carbons (Fsp3) is 0.400. The number of benzene rings is 2. The van der Waals surface area contributed by atoms with Crippen molar-refractivity contribution in [3.63, 3.8) is 0 Å². The van der Waals surface area contributed by atoms with Crippen LogP contribution in [-0.2, 0) is 0 Å². The normalized spacial score (nSPS) is 20.9. The van der Waals surface area contributed by atoms with E-state index in [0.29, 0.717) is 17.0 Å². The van der Waals surface area contributed by atoms with E-state index < -0.39 is 17.5 Å². The van der Waals surface area contributed by atoms with E-state index in [1.165, 1.54) is 18.2 Å². The minimum absolute atomic E-state index is 0.0996. The Labute approximate surface area is 135 Å². The molecule has 0 bridgehead atoms. The number of hydrogen-bond acceptors (Lipinski definition) is 0. The summed E-state index contributed by atoms with van der Waals surface area (Å²) in [4.78, 5) is 0. The van der Waals surface area contributed by atoms with Crippen LogP contribution in [0.5, 0.6) is 0 Å². The first-order valence-electron chi connectivity index (χ1n) is 8.34. The Morgan fingerprint density at radius 2 is 1.83 bits per heavy atom. The van der Waals surface area contributed by atoms with Gasteiger partial charge in [0.2, 0.25) is 0 Å². The van der Waals surface area contributed by atoms with Gasteiger partial charge in [-0.3, -0.25) is 0 Å². The van der Waals surface area contributed by atoms with Crippen LogP contribution in [0.3, 0.4) is 0 Å². The van der Waals surface area contributed by atoms with Crippen LogP contribution in [0.1, 0.15) is 50.5 Å². The van der Waals surface area contributed by atoms with Crippen LogP contribution >= 0.6 is 0 Å². The van der Waals surface area contributed by atoms with Crippen molar-refractivity contribution >= 4 is 0 Å². The predicted molar refractivity (Wildman–Crippen MR) is 86.7 cm³/mol. The number of rotatable bonds is 4. The molecule has 0 heterocycles. The van der Waals surface area contributed by atoms with E-state index in [-0.39, 0.29) is 11.5 Å². The highest BCUT2D eigenvalue weighted by atomic mass is 19.2. The van der Waals surface area contributed by atoms with Gasteiger partial charge in [0.15, 0.2) is 11.6 Å². The molecule has 122 valence electrons. The summed E-state index contributed by atoms with van der Waals surface area (Å²) in [7, 11) is 0. The van der Waals surface area contributed by atoms with E-state index in [9.17, 15) is 13.2 Å².